The minimum atomic E-state index is -3.56. The predicted molar refractivity (Wildman–Crippen MR) is 116 cm³/mol. The Kier molecular flexibility index (Phi) is 3.99. The molecular weight excluding hydrogens is 381 g/mol. The van der Waals surface area contributed by atoms with Crippen molar-refractivity contribution in [1.29, 1.82) is 0 Å². The lowest BCUT2D eigenvalue weighted by atomic mass is 10.0. The summed E-state index contributed by atoms with van der Waals surface area (Å²) in [5.74, 6) is 0.557. The molecule has 29 heavy (non-hydrogen) atoms. The van der Waals surface area contributed by atoms with Crippen molar-refractivity contribution in [3.63, 3.8) is 0 Å². The first kappa shape index (κ1) is 17.6. The smallest absolute Gasteiger partial charge is 0.309 e. The zero-order valence-corrected chi connectivity index (χ0v) is 16.5. The van der Waals surface area contributed by atoms with Crippen molar-refractivity contribution in [2.75, 3.05) is 0 Å². The SMILES string of the molecule is Cc1cc(P2(=O)Oc3ccccc3-c3ccccc32)c(N=C=O)c2ccccc12. The van der Waals surface area contributed by atoms with Crippen LogP contribution in [-0.2, 0) is 9.36 Å². The first-order chi connectivity index (χ1) is 14.1. The molecule has 5 heteroatoms. The van der Waals surface area contributed by atoms with E-state index in [0.717, 1.165) is 27.5 Å². The molecule has 0 radical (unpaired) electrons. The maximum atomic E-state index is 14.5. The van der Waals surface area contributed by atoms with Crippen molar-refractivity contribution in [3.05, 3.63) is 84.4 Å². The van der Waals surface area contributed by atoms with Crippen molar-refractivity contribution in [1.82, 2.24) is 0 Å². The highest BCUT2D eigenvalue weighted by atomic mass is 31.2. The van der Waals surface area contributed by atoms with Gasteiger partial charge in [0.2, 0.25) is 6.08 Å². The molecule has 1 unspecified atom stereocenters. The van der Waals surface area contributed by atoms with Gasteiger partial charge < -0.3 is 4.52 Å². The quantitative estimate of drug-likeness (QED) is 0.258. The average Bonchev–Trinajstić information content (AvgIpc) is 2.76. The Hall–Kier alpha value is -3.45. The molecule has 4 nitrogen and oxygen atoms in total. The third kappa shape index (κ3) is 2.58. The number of benzene rings is 4. The van der Waals surface area contributed by atoms with E-state index in [2.05, 4.69) is 4.99 Å². The summed E-state index contributed by atoms with van der Waals surface area (Å²) in [6.07, 6.45) is 1.63. The van der Waals surface area contributed by atoms with E-state index in [4.69, 9.17) is 4.52 Å². The highest BCUT2D eigenvalue weighted by molar-refractivity contribution is 7.75. The van der Waals surface area contributed by atoms with Gasteiger partial charge >= 0.3 is 7.37 Å². The maximum Gasteiger partial charge on any atom is 0.309 e. The summed E-state index contributed by atoms with van der Waals surface area (Å²) < 4.78 is 20.7. The Labute approximate surface area is 167 Å². The fourth-order valence-electron chi connectivity index (χ4n) is 4.00. The van der Waals surface area contributed by atoms with Gasteiger partial charge in [0.15, 0.2) is 0 Å². The first-order valence-electron chi connectivity index (χ1n) is 9.23. The molecule has 0 N–H and O–H groups in total. The standard InChI is InChI=1S/C24H16NO3P/c1-16-14-23(24(25-15-26)20-11-3-2-8-17(16)20)29(27)22-13-7-5-10-19(22)18-9-4-6-12-21(18)28-29/h2-14H,1H3. The zero-order valence-electron chi connectivity index (χ0n) is 15.6. The number of nitrogens with zero attached hydrogens (tertiary/aromatic N) is 1. The molecule has 0 aliphatic carbocycles. The van der Waals surface area contributed by atoms with E-state index in [9.17, 15) is 9.36 Å². The molecule has 0 saturated carbocycles. The van der Waals surface area contributed by atoms with Crippen molar-refractivity contribution in [3.8, 4) is 16.9 Å². The van der Waals surface area contributed by atoms with Gasteiger partial charge in [-0.05, 0) is 41.6 Å². The van der Waals surface area contributed by atoms with Crippen LogP contribution < -0.4 is 15.1 Å². The Morgan fingerprint density at radius 1 is 0.828 bits per heavy atom. The zero-order chi connectivity index (χ0) is 20.0. The van der Waals surface area contributed by atoms with E-state index in [1.165, 1.54) is 0 Å². The predicted octanol–water partition coefficient (Wildman–Crippen LogP) is 5.40. The minimum Gasteiger partial charge on any atom is -0.436 e. The van der Waals surface area contributed by atoms with Crippen LogP contribution in [-0.4, -0.2) is 6.08 Å². The second kappa shape index (κ2) is 6.56. The highest BCUT2D eigenvalue weighted by Crippen LogP contribution is 2.55. The van der Waals surface area contributed by atoms with E-state index < -0.39 is 7.37 Å². The molecule has 0 fully saturated rings. The number of fused-ring (bicyclic) bond motifs is 4. The molecule has 0 spiro atoms. The number of hydrogen-bond acceptors (Lipinski definition) is 4. The topological polar surface area (TPSA) is 55.7 Å². The molecule has 0 bridgehead atoms. The summed E-state index contributed by atoms with van der Waals surface area (Å²) in [6, 6.07) is 24.5. The number of para-hydroxylation sites is 1. The summed E-state index contributed by atoms with van der Waals surface area (Å²) in [5, 5.41) is 2.72. The van der Waals surface area contributed by atoms with Crippen molar-refractivity contribution < 1.29 is 13.9 Å². The van der Waals surface area contributed by atoms with Gasteiger partial charge in [-0.2, -0.15) is 4.99 Å². The number of rotatable bonds is 2. The second-order valence-corrected chi connectivity index (χ2v) is 9.22. The minimum absolute atomic E-state index is 0.346. The molecule has 4 aromatic carbocycles. The normalized spacial score (nSPS) is 17.0. The number of aliphatic imine (C=N–C) groups is 1. The van der Waals surface area contributed by atoms with E-state index in [-0.39, 0.29) is 0 Å². The molecule has 0 saturated heterocycles. The number of aryl methyl sites for hydroxylation is 1. The van der Waals surface area contributed by atoms with Crippen LogP contribution in [0, 0.1) is 6.92 Å². The van der Waals surface area contributed by atoms with Crippen LogP contribution in [0.1, 0.15) is 5.56 Å². The van der Waals surface area contributed by atoms with Gasteiger partial charge in [0.25, 0.3) is 0 Å². The molecular formula is C24H16NO3P. The van der Waals surface area contributed by atoms with Crippen LogP contribution in [0.25, 0.3) is 21.9 Å². The van der Waals surface area contributed by atoms with Gasteiger partial charge in [-0.3, -0.25) is 4.57 Å². The molecule has 0 amide bonds. The van der Waals surface area contributed by atoms with E-state index in [0.29, 0.717) is 22.0 Å². The third-order valence-electron chi connectivity index (χ3n) is 5.30. The number of hydrogen-bond donors (Lipinski definition) is 0. The second-order valence-electron chi connectivity index (χ2n) is 6.97. The Balaban J connectivity index is 1.90. The number of carbonyl (C=O) groups excluding carboxylic acids is 1. The maximum absolute atomic E-state index is 14.5. The lowest BCUT2D eigenvalue weighted by molar-refractivity contribution is 0.502. The van der Waals surface area contributed by atoms with Crippen LogP contribution in [0.2, 0.25) is 0 Å². The van der Waals surface area contributed by atoms with E-state index >= 15 is 0 Å². The molecule has 0 aromatic heterocycles. The third-order valence-corrected chi connectivity index (χ3v) is 7.76. The summed E-state index contributed by atoms with van der Waals surface area (Å²) >= 11 is 0. The summed E-state index contributed by atoms with van der Waals surface area (Å²) in [5.41, 5.74) is 3.05. The van der Waals surface area contributed by atoms with Crippen molar-refractivity contribution >= 4 is 40.5 Å². The van der Waals surface area contributed by atoms with Gasteiger partial charge in [0.05, 0.1) is 16.3 Å². The molecule has 140 valence electrons. The Morgan fingerprint density at radius 2 is 1.48 bits per heavy atom. The van der Waals surface area contributed by atoms with E-state index in [1.54, 1.807) is 6.08 Å². The molecule has 1 aliphatic heterocycles. The van der Waals surface area contributed by atoms with Crippen molar-refractivity contribution in [2.45, 2.75) is 6.92 Å². The summed E-state index contributed by atoms with van der Waals surface area (Å²) in [7, 11) is -3.56. The van der Waals surface area contributed by atoms with Gasteiger partial charge in [0.1, 0.15) is 5.75 Å². The fraction of sp³-hybridized carbons (Fsp3) is 0.0417. The average molecular weight is 397 g/mol. The number of isocyanates is 1. The highest BCUT2D eigenvalue weighted by Gasteiger charge is 2.40. The lowest BCUT2D eigenvalue weighted by Crippen LogP contribution is -2.26. The van der Waals surface area contributed by atoms with Crippen LogP contribution in [0.15, 0.2) is 83.9 Å². The lowest BCUT2D eigenvalue weighted by Gasteiger charge is -2.29. The van der Waals surface area contributed by atoms with Gasteiger partial charge in [0, 0.05) is 10.9 Å². The first-order valence-corrected chi connectivity index (χ1v) is 10.9. The summed E-state index contributed by atoms with van der Waals surface area (Å²) in [4.78, 5) is 15.2. The van der Waals surface area contributed by atoms with Gasteiger partial charge in [-0.15, -0.1) is 0 Å². The van der Waals surface area contributed by atoms with Crippen LogP contribution in [0.4, 0.5) is 5.69 Å². The molecule has 1 heterocycles. The largest absolute Gasteiger partial charge is 0.436 e. The van der Waals surface area contributed by atoms with Crippen LogP contribution >= 0.6 is 7.37 Å². The Morgan fingerprint density at radius 3 is 2.28 bits per heavy atom. The van der Waals surface area contributed by atoms with E-state index in [1.807, 2.05) is 85.8 Å². The van der Waals surface area contributed by atoms with Crippen LogP contribution in [0.3, 0.4) is 0 Å². The van der Waals surface area contributed by atoms with Crippen LogP contribution in [0.5, 0.6) is 5.75 Å². The van der Waals surface area contributed by atoms with Gasteiger partial charge in [-0.1, -0.05) is 60.7 Å². The molecule has 1 atom stereocenters. The van der Waals surface area contributed by atoms with Crippen molar-refractivity contribution in [2.24, 2.45) is 4.99 Å². The van der Waals surface area contributed by atoms with Gasteiger partial charge in [-0.25, -0.2) is 4.79 Å². The fourth-order valence-corrected chi connectivity index (χ4v) is 6.50. The molecule has 5 rings (SSSR count). The monoisotopic (exact) mass is 397 g/mol. The molecule has 1 aliphatic rings. The molecule has 4 aromatic rings. The summed E-state index contributed by atoms with van der Waals surface area (Å²) in [6.45, 7) is 1.95. The Bertz CT molecular complexity index is 1390.